The molecular weight excluding hydrogens is 879 g/mol. The van der Waals surface area contributed by atoms with Crippen LogP contribution in [0, 0.1) is 5.92 Å². The van der Waals surface area contributed by atoms with E-state index in [2.05, 4.69) is 51.9 Å². The van der Waals surface area contributed by atoms with Crippen molar-refractivity contribution in [2.45, 2.75) is 109 Å². The minimum Gasteiger partial charge on any atom is -0.480 e. The molecule has 23 nitrogen and oxygen atoms in total. The van der Waals surface area contributed by atoms with Crippen LogP contribution in [0.1, 0.15) is 64.5 Å². The molecular formula is C45H65N15O8. The van der Waals surface area contributed by atoms with Gasteiger partial charge in [0.15, 0.2) is 11.9 Å². The number of nitrogens with one attached hydrogen (secondary N) is 8. The van der Waals surface area contributed by atoms with E-state index < -0.39 is 89.6 Å². The highest BCUT2D eigenvalue weighted by Crippen LogP contribution is 2.21. The van der Waals surface area contributed by atoms with E-state index in [1.165, 1.54) is 13.8 Å². The van der Waals surface area contributed by atoms with Crippen molar-refractivity contribution in [2.24, 2.45) is 44.6 Å². The summed E-state index contributed by atoms with van der Waals surface area (Å²) in [5.41, 5.74) is 30.5. The van der Waals surface area contributed by atoms with Crippen LogP contribution < -0.4 is 60.6 Å². The minimum absolute atomic E-state index is 0.0334. The molecule has 19 N–H and O–H groups in total. The number of fused-ring (bicyclic) bond motifs is 2. The predicted molar refractivity (Wildman–Crippen MR) is 257 cm³/mol. The standard InChI is InChI=1S/C45H65N15O8/c1-23(2)36(60-38(62)25(4)55-40(64)34(58-37(61)24(3)46)19-26-21-53-30-13-7-5-11-28(26)30)42(66)59-35(20-27-22-54-31-14-8-6-12-29(27)31)41(65)56-32(15-9-17-51-44(47)48)39(63)57-33(43(67)68)16-10-18-52-45(49)50/h5-8,11-14,21-25,32-36,53-54H,9-10,15-20,46H2,1-4H3,(H,55,64)(H,56,65)(H,57,63)(H,58,61)(H,59,66)(H,60,62)(H,67,68)(H4,47,48,51)(H4,49,50,52)/t24-,25-,32-,33-,34-,35-,36-/m0/s1. The maximum atomic E-state index is 14.4. The van der Waals surface area contributed by atoms with Gasteiger partial charge in [-0.1, -0.05) is 50.2 Å². The van der Waals surface area contributed by atoms with Gasteiger partial charge in [-0.15, -0.1) is 0 Å². The van der Waals surface area contributed by atoms with Crippen molar-refractivity contribution in [1.82, 2.24) is 41.9 Å². The van der Waals surface area contributed by atoms with Gasteiger partial charge in [-0.25, -0.2) is 4.79 Å². The molecule has 0 saturated carbocycles. The van der Waals surface area contributed by atoms with Gasteiger partial charge in [-0.05, 0) is 68.7 Å². The third kappa shape index (κ3) is 15.7. The van der Waals surface area contributed by atoms with E-state index in [1.54, 1.807) is 26.2 Å². The molecule has 0 aliphatic rings. The number of benzene rings is 2. The first-order valence-corrected chi connectivity index (χ1v) is 22.3. The molecule has 0 fully saturated rings. The van der Waals surface area contributed by atoms with Crippen molar-refractivity contribution < 1.29 is 38.7 Å². The molecule has 0 aliphatic carbocycles. The van der Waals surface area contributed by atoms with Crippen molar-refractivity contribution in [3.8, 4) is 0 Å². The van der Waals surface area contributed by atoms with Gasteiger partial charge < -0.3 is 75.6 Å². The monoisotopic (exact) mass is 944 g/mol. The second-order valence-electron chi connectivity index (χ2n) is 16.9. The van der Waals surface area contributed by atoms with E-state index >= 15 is 0 Å². The van der Waals surface area contributed by atoms with Crippen molar-refractivity contribution >= 4 is 75.1 Å². The maximum absolute atomic E-state index is 14.4. The lowest BCUT2D eigenvalue weighted by Crippen LogP contribution is -2.60. The zero-order chi connectivity index (χ0) is 50.1. The Bertz CT molecular complexity index is 2450. The van der Waals surface area contributed by atoms with Crippen molar-refractivity contribution in [2.75, 3.05) is 13.1 Å². The SMILES string of the molecule is CC(C)[C@H](NC(=O)[C@H](C)NC(=O)[C@H](Cc1c[nH]c2ccccc12)NC(=O)[C@H](C)N)C(=O)N[C@@H](Cc1c[nH]c2ccccc12)C(=O)N[C@@H](CCCN=C(N)N)C(=O)N[C@@H](CCCN=C(N)N)C(=O)O. The van der Waals surface area contributed by atoms with E-state index in [1.807, 2.05) is 48.5 Å². The minimum atomic E-state index is -1.36. The largest absolute Gasteiger partial charge is 0.480 e. The van der Waals surface area contributed by atoms with Gasteiger partial charge in [-0.3, -0.25) is 38.8 Å². The Morgan fingerprint density at radius 3 is 1.46 bits per heavy atom. The molecule has 0 aliphatic heterocycles. The number of aliphatic imine (C=N–C) groups is 2. The molecule has 0 unspecified atom stereocenters. The predicted octanol–water partition coefficient (Wildman–Crippen LogP) is -1.44. The number of carboxylic acids is 1. The van der Waals surface area contributed by atoms with Gasteiger partial charge in [0, 0.05) is 60.1 Å². The highest BCUT2D eigenvalue weighted by atomic mass is 16.4. The molecule has 2 aromatic heterocycles. The molecule has 0 spiro atoms. The number of aromatic nitrogens is 2. The summed E-state index contributed by atoms with van der Waals surface area (Å²) in [5, 5.41) is 27.5. The molecule has 4 rings (SSSR count). The van der Waals surface area contributed by atoms with Crippen LogP contribution in [-0.4, -0.2) is 124 Å². The summed E-state index contributed by atoms with van der Waals surface area (Å²) in [6.45, 7) is 6.45. The smallest absolute Gasteiger partial charge is 0.326 e. The number of para-hydroxylation sites is 2. The van der Waals surface area contributed by atoms with E-state index in [-0.39, 0.29) is 63.5 Å². The Kier molecular flexibility index (Phi) is 19.7. The van der Waals surface area contributed by atoms with Gasteiger partial charge in [-0.2, -0.15) is 0 Å². The Hall–Kier alpha value is -7.69. The number of H-pyrrole nitrogens is 2. The summed E-state index contributed by atoms with van der Waals surface area (Å²) in [5.74, 6) is -6.61. The fourth-order valence-corrected chi connectivity index (χ4v) is 7.29. The van der Waals surface area contributed by atoms with Crippen LogP contribution >= 0.6 is 0 Å². The molecule has 2 heterocycles. The number of aromatic amines is 2. The molecule has 7 atom stereocenters. The number of nitrogens with zero attached hydrogens (tertiary/aromatic N) is 2. The number of aliphatic carboxylic acids is 1. The normalized spacial score (nSPS) is 14.3. The molecule has 0 saturated heterocycles. The summed E-state index contributed by atoms with van der Waals surface area (Å²) in [6.07, 6.45) is 3.74. The topological polar surface area (TPSA) is 398 Å². The quantitative estimate of drug-likeness (QED) is 0.0195. The molecule has 6 amide bonds. The number of carboxylic acid groups (broad SMARTS) is 1. The van der Waals surface area contributed by atoms with Crippen LogP contribution in [0.15, 0.2) is 70.9 Å². The van der Waals surface area contributed by atoms with Crippen LogP contribution in [0.4, 0.5) is 0 Å². The zero-order valence-corrected chi connectivity index (χ0v) is 38.6. The Morgan fingerprint density at radius 1 is 0.559 bits per heavy atom. The van der Waals surface area contributed by atoms with Crippen LogP contribution in [0.5, 0.6) is 0 Å². The number of nitrogens with two attached hydrogens (primary N) is 5. The molecule has 0 bridgehead atoms. The third-order valence-corrected chi connectivity index (χ3v) is 11.0. The summed E-state index contributed by atoms with van der Waals surface area (Å²) in [6, 6.07) is 6.20. The lowest BCUT2D eigenvalue weighted by molar-refractivity contribution is -0.142. The molecule has 23 heteroatoms. The van der Waals surface area contributed by atoms with E-state index in [0.29, 0.717) is 5.56 Å². The molecule has 368 valence electrons. The van der Waals surface area contributed by atoms with Gasteiger partial charge in [0.2, 0.25) is 35.4 Å². The summed E-state index contributed by atoms with van der Waals surface area (Å²) in [7, 11) is 0. The van der Waals surface area contributed by atoms with Gasteiger partial charge >= 0.3 is 5.97 Å². The second kappa shape index (κ2) is 25.3. The average molecular weight is 944 g/mol. The average Bonchev–Trinajstić information content (AvgIpc) is 3.89. The van der Waals surface area contributed by atoms with E-state index in [4.69, 9.17) is 28.7 Å². The summed E-state index contributed by atoms with van der Waals surface area (Å²) in [4.78, 5) is 109. The molecule has 68 heavy (non-hydrogen) atoms. The number of guanidine groups is 2. The van der Waals surface area contributed by atoms with Crippen LogP contribution in [0.2, 0.25) is 0 Å². The van der Waals surface area contributed by atoms with Crippen LogP contribution in [-0.2, 0) is 46.4 Å². The number of carbonyl (C=O) groups excluding carboxylic acids is 6. The number of rotatable bonds is 26. The lowest BCUT2D eigenvalue weighted by Gasteiger charge is -2.28. The van der Waals surface area contributed by atoms with Crippen molar-refractivity contribution in [1.29, 1.82) is 0 Å². The maximum Gasteiger partial charge on any atom is 0.326 e. The Labute approximate surface area is 393 Å². The Balaban J connectivity index is 1.55. The van der Waals surface area contributed by atoms with E-state index in [9.17, 15) is 38.7 Å². The highest BCUT2D eigenvalue weighted by Gasteiger charge is 2.34. The van der Waals surface area contributed by atoms with E-state index in [0.717, 1.165) is 27.4 Å². The number of hydrogen-bond acceptors (Lipinski definition) is 10. The summed E-state index contributed by atoms with van der Waals surface area (Å²) < 4.78 is 0. The first-order chi connectivity index (χ1) is 32.2. The zero-order valence-electron chi connectivity index (χ0n) is 38.6. The fourth-order valence-electron chi connectivity index (χ4n) is 7.29. The van der Waals surface area contributed by atoms with Crippen LogP contribution in [0.25, 0.3) is 21.8 Å². The third-order valence-electron chi connectivity index (χ3n) is 11.0. The summed E-state index contributed by atoms with van der Waals surface area (Å²) >= 11 is 0. The van der Waals surface area contributed by atoms with Crippen molar-refractivity contribution in [3.63, 3.8) is 0 Å². The highest BCUT2D eigenvalue weighted by molar-refractivity contribution is 5.98. The molecule has 4 aromatic rings. The van der Waals surface area contributed by atoms with Crippen LogP contribution in [0.3, 0.4) is 0 Å². The number of carbonyl (C=O) groups is 7. The Morgan fingerprint density at radius 2 is 0.985 bits per heavy atom. The lowest BCUT2D eigenvalue weighted by atomic mass is 9.99. The van der Waals surface area contributed by atoms with Gasteiger partial charge in [0.1, 0.15) is 36.3 Å². The first kappa shape index (κ1) is 52.9. The second-order valence-corrected chi connectivity index (χ2v) is 16.9. The van der Waals surface area contributed by atoms with Gasteiger partial charge in [0.25, 0.3) is 0 Å². The molecule has 0 radical (unpaired) electrons. The number of hydrogen-bond donors (Lipinski definition) is 14. The fraction of sp³-hybridized carbons (Fsp3) is 0.444. The first-order valence-electron chi connectivity index (χ1n) is 22.3. The molecule has 2 aromatic carbocycles. The van der Waals surface area contributed by atoms with Crippen molar-refractivity contribution in [3.05, 3.63) is 72.1 Å². The number of amides is 6. The van der Waals surface area contributed by atoms with Gasteiger partial charge in [0.05, 0.1) is 6.04 Å².